The van der Waals surface area contributed by atoms with Gasteiger partial charge in [0.05, 0.1) is 19.6 Å². The second kappa shape index (κ2) is 8.99. The minimum atomic E-state index is -0.188. The topological polar surface area (TPSA) is 88.3 Å². The maximum Gasteiger partial charge on any atom is 0.251 e. The molecule has 1 unspecified atom stereocenters. The van der Waals surface area contributed by atoms with Gasteiger partial charge >= 0.3 is 0 Å². The minimum Gasteiger partial charge on any atom is -0.494 e. The fraction of sp³-hybridized carbons (Fsp3) is 0.400. The fourth-order valence-electron chi connectivity index (χ4n) is 3.06. The van der Waals surface area contributed by atoms with Crippen molar-refractivity contribution in [1.82, 2.24) is 14.9 Å². The van der Waals surface area contributed by atoms with E-state index in [2.05, 4.69) is 9.97 Å². The summed E-state index contributed by atoms with van der Waals surface area (Å²) in [6.07, 6.45) is 4.77. The third-order valence-corrected chi connectivity index (χ3v) is 4.37. The van der Waals surface area contributed by atoms with Gasteiger partial charge in [-0.05, 0) is 37.5 Å². The molecule has 1 amide bonds. The molecule has 1 aliphatic heterocycles. The van der Waals surface area contributed by atoms with Crippen molar-refractivity contribution in [3.63, 3.8) is 0 Å². The van der Waals surface area contributed by atoms with Gasteiger partial charge in [0.25, 0.3) is 5.88 Å². The highest BCUT2D eigenvalue weighted by Gasteiger charge is 2.26. The molecule has 2 aromatic rings. The van der Waals surface area contributed by atoms with E-state index >= 15 is 0 Å². The number of hydrogen-bond donors (Lipinski definition) is 0. The van der Waals surface area contributed by atoms with Gasteiger partial charge in [0.2, 0.25) is 11.6 Å². The molecule has 3 rings (SSSR count). The van der Waals surface area contributed by atoms with Crippen molar-refractivity contribution < 1.29 is 14.3 Å². The number of amides is 1. The number of ether oxygens (including phenoxy) is 2. The molecule has 140 valence electrons. The first kappa shape index (κ1) is 18.6. The number of likely N-dealkylation sites (tertiary alicyclic amines) is 1. The van der Waals surface area contributed by atoms with Crippen LogP contribution in [0.2, 0.25) is 0 Å². The Balaban J connectivity index is 1.58. The molecule has 1 saturated heterocycles. The van der Waals surface area contributed by atoms with E-state index in [0.717, 1.165) is 24.2 Å². The molecule has 0 aliphatic carbocycles. The predicted octanol–water partition coefficient (Wildman–Crippen LogP) is 2.36. The Labute approximate surface area is 158 Å². The van der Waals surface area contributed by atoms with Gasteiger partial charge in [-0.1, -0.05) is 12.1 Å². The number of carbonyl (C=O) groups excluding carboxylic acids is 1. The number of aromatic nitrogens is 2. The van der Waals surface area contributed by atoms with E-state index < -0.39 is 0 Å². The van der Waals surface area contributed by atoms with Crippen molar-refractivity contribution in [3.8, 4) is 17.7 Å². The van der Waals surface area contributed by atoms with E-state index in [1.54, 1.807) is 0 Å². The summed E-state index contributed by atoms with van der Waals surface area (Å²) in [5, 5.41) is 9.10. The van der Waals surface area contributed by atoms with Crippen molar-refractivity contribution in [2.75, 3.05) is 19.7 Å². The van der Waals surface area contributed by atoms with Gasteiger partial charge in [-0.2, -0.15) is 5.26 Å². The molecule has 0 radical (unpaired) electrons. The first-order valence-electron chi connectivity index (χ1n) is 9.07. The van der Waals surface area contributed by atoms with Crippen molar-refractivity contribution in [3.05, 3.63) is 47.9 Å². The normalized spacial score (nSPS) is 16.4. The van der Waals surface area contributed by atoms with Crippen molar-refractivity contribution in [2.24, 2.45) is 0 Å². The van der Waals surface area contributed by atoms with Crippen LogP contribution in [0.15, 0.2) is 36.7 Å². The zero-order chi connectivity index (χ0) is 19.1. The van der Waals surface area contributed by atoms with Gasteiger partial charge < -0.3 is 14.4 Å². The second-order valence-electron chi connectivity index (χ2n) is 6.30. The summed E-state index contributed by atoms with van der Waals surface area (Å²) >= 11 is 0. The smallest absolute Gasteiger partial charge is 0.251 e. The van der Waals surface area contributed by atoms with Crippen LogP contribution < -0.4 is 9.47 Å². The summed E-state index contributed by atoms with van der Waals surface area (Å²) in [6.45, 7) is 3.75. The Hall–Kier alpha value is -3.14. The molecule has 0 bridgehead atoms. The summed E-state index contributed by atoms with van der Waals surface area (Å²) in [4.78, 5) is 22.5. The zero-order valence-electron chi connectivity index (χ0n) is 15.3. The average molecular weight is 366 g/mol. The van der Waals surface area contributed by atoms with Gasteiger partial charge in [0.15, 0.2) is 0 Å². The molecule has 1 fully saturated rings. The number of carbonyl (C=O) groups is 1. The van der Waals surface area contributed by atoms with Gasteiger partial charge in [-0.3, -0.25) is 4.79 Å². The third-order valence-electron chi connectivity index (χ3n) is 4.37. The molecule has 7 heteroatoms. The van der Waals surface area contributed by atoms with Crippen LogP contribution in [0.5, 0.6) is 11.6 Å². The molecular formula is C20H22N4O3. The van der Waals surface area contributed by atoms with Crippen LogP contribution in [-0.4, -0.2) is 46.6 Å². The largest absolute Gasteiger partial charge is 0.494 e. The molecule has 0 saturated carbocycles. The highest BCUT2D eigenvalue weighted by molar-refractivity contribution is 5.79. The minimum absolute atomic E-state index is 0.0621. The van der Waals surface area contributed by atoms with E-state index in [4.69, 9.17) is 14.7 Å². The van der Waals surface area contributed by atoms with E-state index in [0.29, 0.717) is 26.1 Å². The van der Waals surface area contributed by atoms with Crippen LogP contribution in [0.4, 0.5) is 0 Å². The number of nitriles is 1. The first-order chi connectivity index (χ1) is 13.2. The molecule has 0 spiro atoms. The Morgan fingerprint density at radius 3 is 2.81 bits per heavy atom. The van der Waals surface area contributed by atoms with E-state index in [9.17, 15) is 4.79 Å². The lowest BCUT2D eigenvalue weighted by molar-refractivity contribution is -0.133. The highest BCUT2D eigenvalue weighted by atomic mass is 16.5. The lowest BCUT2D eigenvalue weighted by Crippen LogP contribution is -2.45. The molecular weight excluding hydrogens is 344 g/mol. The van der Waals surface area contributed by atoms with Crippen LogP contribution in [0.1, 0.15) is 31.0 Å². The highest BCUT2D eigenvalue weighted by Crippen LogP contribution is 2.20. The molecule has 0 N–H and O–H groups in total. The summed E-state index contributed by atoms with van der Waals surface area (Å²) < 4.78 is 11.3. The lowest BCUT2D eigenvalue weighted by Gasteiger charge is -2.32. The zero-order valence-corrected chi connectivity index (χ0v) is 15.3. The SMILES string of the molecule is CCOc1ccc(CC(=O)N2CCCC(Oc3nccnc3C#N)C2)cc1. The lowest BCUT2D eigenvalue weighted by atomic mass is 10.1. The maximum atomic E-state index is 12.7. The number of hydrogen-bond acceptors (Lipinski definition) is 6. The Morgan fingerprint density at radius 1 is 1.30 bits per heavy atom. The second-order valence-corrected chi connectivity index (χ2v) is 6.30. The molecule has 1 aliphatic rings. The summed E-state index contributed by atoms with van der Waals surface area (Å²) in [5.74, 6) is 1.09. The Kier molecular flexibility index (Phi) is 6.21. The molecule has 27 heavy (non-hydrogen) atoms. The van der Waals surface area contributed by atoms with Gasteiger partial charge in [0.1, 0.15) is 17.9 Å². The summed E-state index contributed by atoms with van der Waals surface area (Å²) in [6, 6.07) is 9.57. The Morgan fingerprint density at radius 2 is 2.07 bits per heavy atom. The van der Waals surface area contributed by atoms with Gasteiger partial charge in [-0.15, -0.1) is 0 Å². The fourth-order valence-corrected chi connectivity index (χ4v) is 3.06. The molecule has 1 aromatic carbocycles. The van der Waals surface area contributed by atoms with E-state index in [1.165, 1.54) is 12.4 Å². The molecule has 1 aromatic heterocycles. The van der Waals surface area contributed by atoms with E-state index in [-0.39, 0.29) is 23.6 Å². The number of benzene rings is 1. The monoisotopic (exact) mass is 366 g/mol. The summed E-state index contributed by atoms with van der Waals surface area (Å²) in [5.41, 5.74) is 1.11. The standard InChI is InChI=1S/C20H22N4O3/c1-2-26-16-7-5-15(6-8-16)12-19(25)24-11-3-4-17(14-24)27-20-18(13-21)22-9-10-23-20/h5-10,17H,2-4,11-12,14H2,1H3. The molecule has 2 heterocycles. The van der Waals surface area contributed by atoms with Crippen molar-refractivity contribution in [2.45, 2.75) is 32.3 Å². The van der Waals surface area contributed by atoms with Crippen LogP contribution in [-0.2, 0) is 11.2 Å². The average Bonchev–Trinajstić information content (AvgIpc) is 2.70. The van der Waals surface area contributed by atoms with Crippen molar-refractivity contribution >= 4 is 5.91 Å². The number of piperidine rings is 1. The van der Waals surface area contributed by atoms with Crippen LogP contribution in [0.3, 0.4) is 0 Å². The number of rotatable bonds is 6. The van der Waals surface area contributed by atoms with E-state index in [1.807, 2.05) is 42.2 Å². The maximum absolute atomic E-state index is 12.7. The summed E-state index contributed by atoms with van der Waals surface area (Å²) in [7, 11) is 0. The molecule has 7 nitrogen and oxygen atoms in total. The predicted molar refractivity (Wildman–Crippen MR) is 98.3 cm³/mol. The number of nitrogens with zero attached hydrogens (tertiary/aromatic N) is 4. The van der Waals surface area contributed by atoms with Crippen LogP contribution in [0, 0.1) is 11.3 Å². The van der Waals surface area contributed by atoms with Gasteiger partial charge in [0, 0.05) is 18.9 Å². The van der Waals surface area contributed by atoms with Crippen LogP contribution >= 0.6 is 0 Å². The van der Waals surface area contributed by atoms with Gasteiger partial charge in [-0.25, -0.2) is 9.97 Å². The van der Waals surface area contributed by atoms with Crippen molar-refractivity contribution in [1.29, 1.82) is 5.26 Å². The third kappa shape index (κ3) is 4.94. The first-order valence-corrected chi connectivity index (χ1v) is 9.07. The molecule has 1 atom stereocenters. The quantitative estimate of drug-likeness (QED) is 0.780. The Bertz CT molecular complexity index is 817. The van der Waals surface area contributed by atoms with Crippen LogP contribution in [0.25, 0.3) is 0 Å².